The fraction of sp³-hybridized carbons (Fsp3) is 0.0800. The van der Waals surface area contributed by atoms with E-state index in [2.05, 4.69) is 35.8 Å². The second-order valence-corrected chi connectivity index (χ2v) is 18.1. The molecule has 0 spiro atoms. The largest absolute Gasteiger partial charge is 0.686 e. The van der Waals surface area contributed by atoms with Crippen molar-refractivity contribution in [2.45, 2.75) is 14.7 Å². The van der Waals surface area contributed by atoms with Gasteiger partial charge in [-0.2, -0.15) is 40.2 Å². The quantitative estimate of drug-likeness (QED) is 0.0408. The van der Waals surface area contributed by atoms with Crippen LogP contribution in [0.15, 0.2) is 79.5 Å². The van der Waals surface area contributed by atoms with Crippen LogP contribution in [0, 0.1) is 0 Å². The van der Waals surface area contributed by atoms with Gasteiger partial charge in [-0.3, -0.25) is 13.7 Å². The summed E-state index contributed by atoms with van der Waals surface area (Å²) in [6.45, 7) is 0. The molecule has 0 saturated heterocycles. The number of hydrogen-bond acceptors (Lipinski definition) is 21. The van der Waals surface area contributed by atoms with Crippen molar-refractivity contribution in [2.75, 3.05) is 28.5 Å². The fourth-order valence-electron chi connectivity index (χ4n) is 4.74. The van der Waals surface area contributed by atoms with Gasteiger partial charge in [-0.05, 0) is 35.0 Å². The first-order valence-electron chi connectivity index (χ1n) is 14.1. The number of fused-ring (bicyclic) bond motifs is 2. The summed E-state index contributed by atoms with van der Waals surface area (Å²) in [7, 11) is -25.6. The molecule has 0 amide bonds. The minimum atomic E-state index is -5.39. The van der Waals surface area contributed by atoms with Crippen LogP contribution in [-0.4, -0.2) is 81.3 Å². The van der Waals surface area contributed by atoms with E-state index in [4.69, 9.17) is 0 Å². The summed E-state index contributed by atoms with van der Waals surface area (Å²) in [5.74, 6) is -3.30. The summed E-state index contributed by atoms with van der Waals surface area (Å²) in [5, 5.41) is 24.6. The van der Waals surface area contributed by atoms with Gasteiger partial charge in [0.1, 0.15) is 27.5 Å². The van der Waals surface area contributed by atoms with Gasteiger partial charge in [0.05, 0.1) is 10.6 Å². The number of azo groups is 1. The standard InChI is InChI=1S/C25H24N8O16P2S3/c34-21-19-13(8-18(53(44,45)46)20(21)33-32-16-6-5-12-3-1-2-4-15(12)22(16)54(47,48)49)7-14(52(41,42)43)9-17(19)28-25-30-23(26-10-50(35,36)37)29-24(31-25)27-11-51(38,39)40/h1-9,34H,10-11H2,(H2,35,36,37)(H2,38,39,40)(H,41,42,43)(H,44,45,46)(H,47,48,49)(H3,26,27,28,29,30,31)/p-2. The van der Waals surface area contributed by atoms with Gasteiger partial charge in [-0.15, -0.1) is 18.2 Å². The van der Waals surface area contributed by atoms with Crippen LogP contribution in [0.1, 0.15) is 0 Å². The van der Waals surface area contributed by atoms with Crippen molar-refractivity contribution in [3.8, 4) is 5.75 Å². The lowest BCUT2D eigenvalue weighted by Gasteiger charge is -2.41. The van der Waals surface area contributed by atoms with Gasteiger partial charge in [0.2, 0.25) is 25.8 Å². The summed E-state index contributed by atoms with van der Waals surface area (Å²) in [5.41, 5.74) is -2.26. The molecule has 4 aromatic carbocycles. The Morgan fingerprint density at radius 1 is 0.704 bits per heavy atom. The normalized spacial score (nSPS) is 13.1. The minimum Gasteiger partial charge on any atom is -0.686 e. The van der Waals surface area contributed by atoms with Gasteiger partial charge < -0.3 is 40.6 Å². The molecule has 5 aromatic rings. The summed E-state index contributed by atoms with van der Waals surface area (Å²) >= 11 is 0. The number of aromatic hydroxyl groups is 1. The van der Waals surface area contributed by atoms with Crippen LogP contribution in [0.25, 0.3) is 21.5 Å². The van der Waals surface area contributed by atoms with E-state index < -0.39 is 125 Å². The molecule has 0 aliphatic heterocycles. The maximum Gasteiger partial charge on any atom is 0.297 e. The van der Waals surface area contributed by atoms with Crippen LogP contribution in [0.3, 0.4) is 0 Å². The molecule has 1 heterocycles. The fourth-order valence-corrected chi connectivity index (χ4v) is 7.46. The van der Waals surface area contributed by atoms with Crippen LogP contribution in [0.4, 0.5) is 34.9 Å². The van der Waals surface area contributed by atoms with Crippen molar-refractivity contribution in [3.05, 3.63) is 54.6 Å². The van der Waals surface area contributed by atoms with Crippen molar-refractivity contribution >= 4 is 103 Å². The number of nitrogens with zero attached hydrogens (tertiary/aromatic N) is 5. The smallest absolute Gasteiger partial charge is 0.297 e. The Kier molecular flexibility index (Phi) is 11.1. The van der Waals surface area contributed by atoms with Crippen LogP contribution in [0.5, 0.6) is 5.75 Å². The SMILES string of the molecule is O=S(=O)(O)c1cc(Nc2nc(NC[P+]([O-])([O-])[O-])nc(NC[P+]([O-])(O)O)n2)c2c(O)c(N=Nc3ccc4ccccc4c3S(=O)(=O)O)c(S(=O)(=O)O)cc2c1. The number of rotatable bonds is 13. The number of phenolic OH excluding ortho intramolecular Hbond substituents is 1. The molecule has 0 atom stereocenters. The van der Waals surface area contributed by atoms with Gasteiger partial charge in [0.15, 0.2) is 12.0 Å². The third-order valence-electron chi connectivity index (χ3n) is 6.83. The van der Waals surface area contributed by atoms with Gasteiger partial charge in [0, 0.05) is 10.8 Å². The van der Waals surface area contributed by atoms with E-state index in [9.17, 15) is 73.4 Å². The van der Waals surface area contributed by atoms with Crippen molar-refractivity contribution in [1.82, 2.24) is 15.0 Å². The third kappa shape index (κ3) is 9.80. The molecule has 24 nitrogen and oxygen atoms in total. The molecule has 9 N–H and O–H groups in total. The van der Waals surface area contributed by atoms with Crippen molar-refractivity contribution in [3.63, 3.8) is 0 Å². The summed E-state index contributed by atoms with van der Waals surface area (Å²) in [6, 6.07) is 10.1. The minimum absolute atomic E-state index is 0.0346. The number of hydrogen-bond donors (Lipinski definition) is 9. The summed E-state index contributed by atoms with van der Waals surface area (Å²) in [6.07, 6.45) is -2.36. The van der Waals surface area contributed by atoms with Crippen molar-refractivity contribution < 1.29 is 73.4 Å². The highest BCUT2D eigenvalue weighted by Gasteiger charge is 2.27. The zero-order chi connectivity index (χ0) is 40.0. The molecular formula is C25H22N8O16P2S3-2. The topological polar surface area (TPSA) is 416 Å². The molecule has 0 radical (unpaired) electrons. The number of aromatic nitrogens is 3. The summed E-state index contributed by atoms with van der Waals surface area (Å²) < 4.78 is 104. The average molecular weight is 849 g/mol. The zero-order valence-electron chi connectivity index (χ0n) is 26.2. The Morgan fingerprint density at radius 2 is 1.31 bits per heavy atom. The third-order valence-corrected chi connectivity index (χ3v) is 10.6. The highest BCUT2D eigenvalue weighted by molar-refractivity contribution is 7.86. The Morgan fingerprint density at radius 3 is 1.89 bits per heavy atom. The zero-order valence-corrected chi connectivity index (χ0v) is 30.5. The first-order valence-corrected chi connectivity index (χ1v) is 21.9. The van der Waals surface area contributed by atoms with E-state index in [1.165, 1.54) is 24.3 Å². The Labute approximate surface area is 304 Å². The van der Waals surface area contributed by atoms with Crippen LogP contribution < -0.4 is 35.5 Å². The second kappa shape index (κ2) is 14.7. The number of nitrogens with one attached hydrogen (secondary N) is 3. The van der Waals surface area contributed by atoms with Crippen LogP contribution in [-0.2, 0) is 30.4 Å². The molecule has 0 aliphatic rings. The van der Waals surface area contributed by atoms with Gasteiger partial charge >= 0.3 is 0 Å². The van der Waals surface area contributed by atoms with Crippen molar-refractivity contribution in [1.29, 1.82) is 0 Å². The molecule has 0 saturated carbocycles. The van der Waals surface area contributed by atoms with E-state index in [1.807, 2.05) is 5.32 Å². The van der Waals surface area contributed by atoms with Gasteiger partial charge in [0.25, 0.3) is 30.4 Å². The predicted molar refractivity (Wildman–Crippen MR) is 182 cm³/mol. The Balaban J connectivity index is 1.76. The van der Waals surface area contributed by atoms with Crippen LogP contribution in [0.2, 0.25) is 0 Å². The second-order valence-electron chi connectivity index (χ2n) is 10.8. The van der Waals surface area contributed by atoms with Gasteiger partial charge in [-0.25, -0.2) is 9.79 Å². The highest BCUT2D eigenvalue weighted by Crippen LogP contribution is 2.46. The molecule has 0 fully saturated rings. The highest BCUT2D eigenvalue weighted by atomic mass is 32.2. The van der Waals surface area contributed by atoms with Gasteiger partial charge in [-0.1, -0.05) is 30.3 Å². The van der Waals surface area contributed by atoms with Crippen molar-refractivity contribution in [2.24, 2.45) is 10.2 Å². The Hall–Kier alpha value is -4.44. The predicted octanol–water partition coefficient (Wildman–Crippen LogP) is -0.527. The lowest BCUT2D eigenvalue weighted by Crippen LogP contribution is -2.37. The lowest BCUT2D eigenvalue weighted by atomic mass is 10.1. The molecule has 54 heavy (non-hydrogen) atoms. The molecule has 0 unspecified atom stereocenters. The molecule has 0 bridgehead atoms. The van der Waals surface area contributed by atoms with E-state index in [-0.39, 0.29) is 5.39 Å². The number of phenols is 1. The lowest BCUT2D eigenvalue weighted by molar-refractivity contribution is -0.427. The maximum absolute atomic E-state index is 12.5. The molecule has 29 heteroatoms. The van der Waals surface area contributed by atoms with E-state index in [0.29, 0.717) is 23.6 Å². The molecule has 0 aliphatic carbocycles. The molecule has 288 valence electrons. The monoisotopic (exact) mass is 848 g/mol. The maximum atomic E-state index is 12.5. The van der Waals surface area contributed by atoms with Crippen LogP contribution >= 0.6 is 15.9 Å². The first-order chi connectivity index (χ1) is 24.8. The van der Waals surface area contributed by atoms with E-state index in [1.54, 1.807) is 6.07 Å². The molecule has 1 aromatic heterocycles. The van der Waals surface area contributed by atoms with E-state index in [0.717, 1.165) is 6.07 Å². The first kappa shape index (κ1) is 40.7. The average Bonchev–Trinajstić information content (AvgIpc) is 3.03. The summed E-state index contributed by atoms with van der Waals surface area (Å²) in [4.78, 5) is 71.9. The number of anilines is 4. The Bertz CT molecular complexity index is 2640. The molecule has 5 rings (SSSR count). The van der Waals surface area contributed by atoms with E-state index >= 15 is 0 Å². The number of benzene rings is 4. The molecular weight excluding hydrogens is 826 g/mol.